The highest BCUT2D eigenvalue weighted by Gasteiger charge is 1.92. The second-order valence-electron chi connectivity index (χ2n) is 3.14. The van der Waals surface area contributed by atoms with E-state index < -0.39 is 0 Å². The molecule has 0 saturated heterocycles. The van der Waals surface area contributed by atoms with Gasteiger partial charge < -0.3 is 14.2 Å². The van der Waals surface area contributed by atoms with Crippen LogP contribution in [0.3, 0.4) is 0 Å². The van der Waals surface area contributed by atoms with Crippen molar-refractivity contribution < 1.29 is 14.2 Å². The topological polar surface area (TPSA) is 27.7 Å². The fourth-order valence-electron chi connectivity index (χ4n) is 0.809. The van der Waals surface area contributed by atoms with Crippen LogP contribution in [-0.4, -0.2) is 39.1 Å². The Morgan fingerprint density at radius 3 is 1.92 bits per heavy atom. The first-order valence-electron chi connectivity index (χ1n) is 5.04. The number of hydrogen-bond acceptors (Lipinski definition) is 3. The highest BCUT2D eigenvalue weighted by atomic mass is 16.5. The zero-order valence-electron chi connectivity index (χ0n) is 9.04. The van der Waals surface area contributed by atoms with Crippen LogP contribution >= 0.6 is 0 Å². The largest absolute Gasteiger partial charge is 0.379 e. The minimum Gasteiger partial charge on any atom is -0.379 e. The van der Waals surface area contributed by atoms with Gasteiger partial charge in [-0.15, -0.1) is 0 Å². The Morgan fingerprint density at radius 2 is 1.38 bits per heavy atom. The van der Waals surface area contributed by atoms with Gasteiger partial charge >= 0.3 is 0 Å². The predicted molar refractivity (Wildman–Crippen MR) is 53.0 cm³/mol. The normalized spacial score (nSPS) is 11.1. The van der Waals surface area contributed by atoms with Gasteiger partial charge in [-0.2, -0.15) is 0 Å². The maximum absolute atomic E-state index is 5.30. The first-order chi connectivity index (χ1) is 6.27. The maximum atomic E-state index is 5.30. The molecule has 0 rings (SSSR count). The van der Waals surface area contributed by atoms with Crippen molar-refractivity contribution in [2.45, 2.75) is 33.3 Å². The smallest absolute Gasteiger partial charge is 0.0703 e. The van der Waals surface area contributed by atoms with E-state index in [1.54, 1.807) is 0 Å². The molecule has 0 saturated carbocycles. The predicted octanol–water partition coefficient (Wildman–Crippen LogP) is 1.85. The van der Waals surface area contributed by atoms with Crippen LogP contribution in [0.1, 0.15) is 27.2 Å². The molecule has 0 atom stereocenters. The van der Waals surface area contributed by atoms with Gasteiger partial charge in [0, 0.05) is 6.61 Å². The van der Waals surface area contributed by atoms with Gasteiger partial charge in [0.05, 0.1) is 32.5 Å². The van der Waals surface area contributed by atoms with Crippen molar-refractivity contribution in [3.63, 3.8) is 0 Å². The Kier molecular flexibility index (Phi) is 9.87. The van der Waals surface area contributed by atoms with E-state index >= 15 is 0 Å². The van der Waals surface area contributed by atoms with Crippen molar-refractivity contribution in [1.82, 2.24) is 0 Å². The molecule has 3 heteroatoms. The number of rotatable bonds is 9. The van der Waals surface area contributed by atoms with Gasteiger partial charge in [0.15, 0.2) is 0 Å². The van der Waals surface area contributed by atoms with E-state index in [4.69, 9.17) is 14.2 Å². The van der Waals surface area contributed by atoms with E-state index in [0.29, 0.717) is 32.5 Å². The molecule has 0 amide bonds. The van der Waals surface area contributed by atoms with E-state index in [1.165, 1.54) is 0 Å². The van der Waals surface area contributed by atoms with Crippen molar-refractivity contribution in [2.75, 3.05) is 33.0 Å². The summed E-state index contributed by atoms with van der Waals surface area (Å²) >= 11 is 0. The van der Waals surface area contributed by atoms with Crippen molar-refractivity contribution in [2.24, 2.45) is 0 Å². The Labute approximate surface area is 81.4 Å². The van der Waals surface area contributed by atoms with Crippen LogP contribution < -0.4 is 0 Å². The second kappa shape index (κ2) is 9.96. The Balaban J connectivity index is 2.84. The molecular formula is C10H22O3. The Bertz CT molecular complexity index is 94.2. The summed E-state index contributed by atoms with van der Waals surface area (Å²) in [5.41, 5.74) is 0. The van der Waals surface area contributed by atoms with Crippen molar-refractivity contribution in [1.29, 1.82) is 0 Å². The lowest BCUT2D eigenvalue weighted by Crippen LogP contribution is -2.12. The van der Waals surface area contributed by atoms with Crippen LogP contribution in [0, 0.1) is 0 Å². The average molecular weight is 190 g/mol. The second-order valence-corrected chi connectivity index (χ2v) is 3.14. The van der Waals surface area contributed by atoms with E-state index in [9.17, 15) is 0 Å². The molecule has 80 valence electrons. The standard InChI is InChI=1S/C10H22O3/c1-4-5-11-6-7-12-8-9-13-10(2)3/h10H,4-9H2,1-3H3. The first kappa shape index (κ1) is 12.9. The van der Waals surface area contributed by atoms with Crippen LogP contribution in [0.25, 0.3) is 0 Å². The van der Waals surface area contributed by atoms with E-state index in [1.807, 2.05) is 13.8 Å². The monoisotopic (exact) mass is 190 g/mol. The van der Waals surface area contributed by atoms with Crippen molar-refractivity contribution in [3.05, 3.63) is 0 Å². The molecule has 0 aliphatic rings. The summed E-state index contributed by atoms with van der Waals surface area (Å²) < 4.78 is 15.8. The molecule has 0 bridgehead atoms. The third-order valence-corrected chi connectivity index (χ3v) is 1.40. The van der Waals surface area contributed by atoms with Gasteiger partial charge in [0.25, 0.3) is 0 Å². The number of ether oxygens (including phenoxy) is 3. The zero-order valence-corrected chi connectivity index (χ0v) is 9.04. The van der Waals surface area contributed by atoms with Crippen LogP contribution in [0.15, 0.2) is 0 Å². The molecule has 0 aromatic heterocycles. The van der Waals surface area contributed by atoms with E-state index in [2.05, 4.69) is 6.92 Å². The lowest BCUT2D eigenvalue weighted by Gasteiger charge is -2.08. The fourth-order valence-corrected chi connectivity index (χ4v) is 0.809. The molecule has 0 heterocycles. The van der Waals surface area contributed by atoms with Crippen LogP contribution in [-0.2, 0) is 14.2 Å². The summed E-state index contributed by atoms with van der Waals surface area (Å²) in [6.07, 6.45) is 1.36. The summed E-state index contributed by atoms with van der Waals surface area (Å²) in [5, 5.41) is 0. The average Bonchev–Trinajstić information content (AvgIpc) is 2.09. The highest BCUT2D eigenvalue weighted by molar-refractivity contribution is 4.37. The summed E-state index contributed by atoms with van der Waals surface area (Å²) in [5.74, 6) is 0. The molecule has 0 fully saturated rings. The molecule has 0 aromatic carbocycles. The van der Waals surface area contributed by atoms with Gasteiger partial charge in [-0.25, -0.2) is 0 Å². The van der Waals surface area contributed by atoms with Gasteiger partial charge in [-0.1, -0.05) is 6.92 Å². The lowest BCUT2D eigenvalue weighted by molar-refractivity contribution is -0.00135. The van der Waals surface area contributed by atoms with E-state index in [0.717, 1.165) is 13.0 Å². The van der Waals surface area contributed by atoms with Gasteiger partial charge in [-0.05, 0) is 20.3 Å². The van der Waals surface area contributed by atoms with E-state index in [-0.39, 0.29) is 0 Å². The molecular weight excluding hydrogens is 168 g/mol. The van der Waals surface area contributed by atoms with Crippen LogP contribution in [0.4, 0.5) is 0 Å². The van der Waals surface area contributed by atoms with Gasteiger partial charge in [-0.3, -0.25) is 0 Å². The molecule has 0 aromatic rings. The Hall–Kier alpha value is -0.120. The summed E-state index contributed by atoms with van der Waals surface area (Å²) in [4.78, 5) is 0. The van der Waals surface area contributed by atoms with Crippen LogP contribution in [0.5, 0.6) is 0 Å². The maximum Gasteiger partial charge on any atom is 0.0703 e. The highest BCUT2D eigenvalue weighted by Crippen LogP contribution is 1.87. The lowest BCUT2D eigenvalue weighted by atomic mass is 10.5. The van der Waals surface area contributed by atoms with Gasteiger partial charge in [0.1, 0.15) is 0 Å². The fraction of sp³-hybridized carbons (Fsp3) is 1.00. The summed E-state index contributed by atoms with van der Waals surface area (Å²) in [7, 11) is 0. The summed E-state index contributed by atoms with van der Waals surface area (Å²) in [6, 6.07) is 0. The van der Waals surface area contributed by atoms with Crippen molar-refractivity contribution >= 4 is 0 Å². The Morgan fingerprint density at radius 1 is 0.846 bits per heavy atom. The SMILES string of the molecule is CCCOCCOCCOC(C)C. The molecule has 13 heavy (non-hydrogen) atoms. The minimum atomic E-state index is 0.292. The van der Waals surface area contributed by atoms with Gasteiger partial charge in [0.2, 0.25) is 0 Å². The van der Waals surface area contributed by atoms with Crippen LogP contribution in [0.2, 0.25) is 0 Å². The molecule has 0 unspecified atom stereocenters. The molecule has 0 aliphatic heterocycles. The molecule has 0 N–H and O–H groups in total. The quantitative estimate of drug-likeness (QED) is 0.519. The third-order valence-electron chi connectivity index (χ3n) is 1.40. The molecule has 0 radical (unpaired) electrons. The molecule has 0 aliphatic carbocycles. The first-order valence-corrected chi connectivity index (χ1v) is 5.04. The zero-order chi connectivity index (χ0) is 9.94. The number of hydrogen-bond donors (Lipinski definition) is 0. The third kappa shape index (κ3) is 11.9. The molecule has 0 spiro atoms. The summed E-state index contributed by atoms with van der Waals surface area (Å²) in [6.45, 7) is 9.65. The minimum absolute atomic E-state index is 0.292. The van der Waals surface area contributed by atoms with Crippen molar-refractivity contribution in [3.8, 4) is 0 Å². The molecule has 3 nitrogen and oxygen atoms in total.